The molecule has 4 rings (SSSR count). The highest BCUT2D eigenvalue weighted by molar-refractivity contribution is 7.13. The number of nitrogens with zero attached hydrogens (tertiary/aromatic N) is 3. The van der Waals surface area contributed by atoms with Crippen LogP contribution in [0.3, 0.4) is 0 Å². The van der Waals surface area contributed by atoms with Gasteiger partial charge in [-0.1, -0.05) is 6.07 Å². The van der Waals surface area contributed by atoms with Gasteiger partial charge in [-0.05, 0) is 55.6 Å². The number of hydrogen-bond donors (Lipinski definition) is 1. The summed E-state index contributed by atoms with van der Waals surface area (Å²) in [6.07, 6.45) is 0. The lowest BCUT2D eigenvalue weighted by atomic mass is 10.2. The molecule has 3 heterocycles. The molecule has 0 saturated carbocycles. The highest BCUT2D eigenvalue weighted by Crippen LogP contribution is 2.30. The van der Waals surface area contributed by atoms with Gasteiger partial charge in [0, 0.05) is 17.1 Å². The number of carbonyl (C=O) groups is 1. The number of rotatable bonds is 5. The number of carbonyl (C=O) groups excluding carboxylic acids is 1. The predicted molar refractivity (Wildman–Crippen MR) is 106 cm³/mol. The molecule has 0 fully saturated rings. The highest BCUT2D eigenvalue weighted by Gasteiger charge is 2.18. The molecule has 0 radical (unpaired) electrons. The predicted octanol–water partition coefficient (Wildman–Crippen LogP) is 4.66. The summed E-state index contributed by atoms with van der Waals surface area (Å²) in [6.45, 7) is 3.95. The molecular weight excluding hydrogens is 379 g/mol. The van der Waals surface area contributed by atoms with Crippen LogP contribution < -0.4 is 5.32 Å². The number of anilines is 1. The second kappa shape index (κ2) is 7.40. The maximum absolute atomic E-state index is 13.0. The molecule has 1 N–H and O–H groups in total. The number of aryl methyl sites for hydroxylation is 1. The Morgan fingerprint density at radius 2 is 1.93 bits per heavy atom. The van der Waals surface area contributed by atoms with E-state index >= 15 is 0 Å². The molecule has 0 saturated heterocycles. The fourth-order valence-electron chi connectivity index (χ4n) is 2.97. The van der Waals surface area contributed by atoms with Crippen molar-refractivity contribution in [2.45, 2.75) is 20.4 Å². The topological polar surface area (TPSA) is 73.0 Å². The van der Waals surface area contributed by atoms with Gasteiger partial charge in [0.05, 0.1) is 10.4 Å². The third kappa shape index (κ3) is 3.59. The molecule has 0 unspecified atom stereocenters. The van der Waals surface area contributed by atoms with E-state index in [-0.39, 0.29) is 18.3 Å². The van der Waals surface area contributed by atoms with Gasteiger partial charge in [0.2, 0.25) is 11.8 Å². The van der Waals surface area contributed by atoms with E-state index in [0.717, 1.165) is 21.8 Å². The summed E-state index contributed by atoms with van der Waals surface area (Å²) in [7, 11) is 0. The van der Waals surface area contributed by atoms with Crippen LogP contribution in [0.5, 0.6) is 0 Å². The van der Waals surface area contributed by atoms with Crippen LogP contribution >= 0.6 is 11.3 Å². The molecule has 0 bridgehead atoms. The van der Waals surface area contributed by atoms with Crippen molar-refractivity contribution in [2.24, 2.45) is 0 Å². The van der Waals surface area contributed by atoms with Crippen LogP contribution in [0.15, 0.2) is 52.3 Å². The molecule has 142 valence electrons. The average molecular weight is 396 g/mol. The van der Waals surface area contributed by atoms with Gasteiger partial charge in [-0.25, -0.2) is 4.39 Å². The van der Waals surface area contributed by atoms with E-state index < -0.39 is 0 Å². The van der Waals surface area contributed by atoms with Crippen molar-refractivity contribution in [1.29, 1.82) is 0 Å². The first-order valence-corrected chi connectivity index (χ1v) is 9.49. The Bertz CT molecular complexity index is 1110. The summed E-state index contributed by atoms with van der Waals surface area (Å²) in [5, 5.41) is 13.0. The van der Waals surface area contributed by atoms with Crippen molar-refractivity contribution >= 4 is 22.9 Å². The number of benzene rings is 1. The van der Waals surface area contributed by atoms with E-state index in [2.05, 4.69) is 15.5 Å². The smallest absolute Gasteiger partial charge is 0.258 e. The Morgan fingerprint density at radius 1 is 1.18 bits per heavy atom. The van der Waals surface area contributed by atoms with Crippen molar-refractivity contribution in [1.82, 2.24) is 14.8 Å². The van der Waals surface area contributed by atoms with Gasteiger partial charge in [0.1, 0.15) is 12.4 Å². The van der Waals surface area contributed by atoms with Crippen LogP contribution in [0.1, 0.15) is 11.4 Å². The van der Waals surface area contributed by atoms with Gasteiger partial charge in [-0.3, -0.25) is 4.79 Å². The molecule has 1 amide bonds. The van der Waals surface area contributed by atoms with Crippen molar-refractivity contribution in [3.05, 3.63) is 65.0 Å². The zero-order chi connectivity index (χ0) is 19.7. The molecule has 8 heteroatoms. The minimum atomic E-state index is -0.346. The van der Waals surface area contributed by atoms with Crippen molar-refractivity contribution in [3.8, 4) is 22.2 Å². The standard InChI is InChI=1S/C20H17FN4O2S/c1-12-10-16(19-23-24-20(27-19)17-4-3-9-28-17)13(2)25(12)11-18(26)22-15-7-5-14(21)6-8-15/h3-10H,11H2,1-2H3,(H,22,26). The largest absolute Gasteiger partial charge is 0.415 e. The first kappa shape index (κ1) is 18.1. The molecule has 0 aliphatic carbocycles. The Balaban J connectivity index is 1.54. The first-order chi connectivity index (χ1) is 13.5. The first-order valence-electron chi connectivity index (χ1n) is 8.61. The minimum absolute atomic E-state index is 0.126. The normalized spacial score (nSPS) is 11.0. The van der Waals surface area contributed by atoms with Crippen LogP contribution in [0, 0.1) is 19.7 Å². The molecule has 4 aromatic rings. The summed E-state index contributed by atoms with van der Waals surface area (Å²) >= 11 is 1.53. The summed E-state index contributed by atoms with van der Waals surface area (Å²) in [4.78, 5) is 13.3. The zero-order valence-corrected chi connectivity index (χ0v) is 16.1. The average Bonchev–Trinajstić information content (AvgIpc) is 3.40. The Hall–Kier alpha value is -3.26. The monoisotopic (exact) mass is 396 g/mol. The summed E-state index contributed by atoms with van der Waals surface area (Å²) in [5.74, 6) is 0.344. The number of hydrogen-bond acceptors (Lipinski definition) is 5. The molecular formula is C20H17FN4O2S. The lowest BCUT2D eigenvalue weighted by Crippen LogP contribution is -2.20. The third-order valence-corrected chi connectivity index (χ3v) is 5.25. The van der Waals surface area contributed by atoms with E-state index in [9.17, 15) is 9.18 Å². The maximum Gasteiger partial charge on any atom is 0.258 e. The quantitative estimate of drug-likeness (QED) is 0.532. The highest BCUT2D eigenvalue weighted by atomic mass is 32.1. The van der Waals surface area contributed by atoms with E-state index in [0.29, 0.717) is 17.5 Å². The molecule has 0 spiro atoms. The van der Waals surface area contributed by atoms with E-state index in [1.807, 2.05) is 42.0 Å². The van der Waals surface area contributed by atoms with Crippen molar-refractivity contribution in [2.75, 3.05) is 5.32 Å². The fraction of sp³-hybridized carbons (Fsp3) is 0.150. The van der Waals surface area contributed by atoms with Gasteiger partial charge in [-0.2, -0.15) is 0 Å². The molecule has 28 heavy (non-hydrogen) atoms. The van der Waals surface area contributed by atoms with Crippen LogP contribution in [0.25, 0.3) is 22.2 Å². The molecule has 0 atom stereocenters. The lowest BCUT2D eigenvalue weighted by Gasteiger charge is -2.10. The summed E-state index contributed by atoms with van der Waals surface area (Å²) < 4.78 is 20.7. The SMILES string of the molecule is Cc1cc(-c2nnc(-c3cccs3)o2)c(C)n1CC(=O)Nc1ccc(F)cc1. The van der Waals surface area contributed by atoms with Gasteiger partial charge >= 0.3 is 0 Å². The molecule has 3 aromatic heterocycles. The number of thiophene rings is 1. The number of nitrogens with one attached hydrogen (secondary N) is 1. The molecule has 6 nitrogen and oxygen atoms in total. The van der Waals surface area contributed by atoms with Gasteiger partial charge in [-0.15, -0.1) is 21.5 Å². The van der Waals surface area contributed by atoms with Gasteiger partial charge in [0.15, 0.2) is 0 Å². The summed E-state index contributed by atoms with van der Waals surface area (Å²) in [5.41, 5.74) is 3.10. The van der Waals surface area contributed by atoms with E-state index in [4.69, 9.17) is 4.42 Å². The van der Waals surface area contributed by atoms with Crippen LogP contribution in [-0.2, 0) is 11.3 Å². The Labute approximate surface area is 164 Å². The maximum atomic E-state index is 13.0. The van der Waals surface area contributed by atoms with E-state index in [1.54, 1.807) is 0 Å². The molecule has 0 aliphatic rings. The fourth-order valence-corrected chi connectivity index (χ4v) is 3.61. The summed E-state index contributed by atoms with van der Waals surface area (Å²) in [6, 6.07) is 11.4. The van der Waals surface area contributed by atoms with Crippen molar-refractivity contribution in [3.63, 3.8) is 0 Å². The Kier molecular flexibility index (Phi) is 4.79. The Morgan fingerprint density at radius 3 is 2.64 bits per heavy atom. The minimum Gasteiger partial charge on any atom is -0.415 e. The number of halogens is 1. The number of amides is 1. The molecule has 1 aromatic carbocycles. The number of aromatic nitrogens is 3. The van der Waals surface area contributed by atoms with Gasteiger partial charge in [0.25, 0.3) is 5.89 Å². The zero-order valence-electron chi connectivity index (χ0n) is 15.3. The van der Waals surface area contributed by atoms with Crippen molar-refractivity contribution < 1.29 is 13.6 Å². The van der Waals surface area contributed by atoms with Crippen LogP contribution in [-0.4, -0.2) is 20.7 Å². The third-order valence-electron chi connectivity index (χ3n) is 4.39. The van der Waals surface area contributed by atoms with E-state index in [1.165, 1.54) is 35.6 Å². The second-order valence-electron chi connectivity index (χ2n) is 6.32. The second-order valence-corrected chi connectivity index (χ2v) is 7.26. The lowest BCUT2D eigenvalue weighted by molar-refractivity contribution is -0.116. The van der Waals surface area contributed by atoms with Crippen LogP contribution in [0.4, 0.5) is 10.1 Å². The molecule has 0 aliphatic heterocycles. The van der Waals surface area contributed by atoms with Gasteiger partial charge < -0.3 is 14.3 Å². The van der Waals surface area contributed by atoms with Crippen LogP contribution in [0.2, 0.25) is 0 Å².